The van der Waals surface area contributed by atoms with E-state index in [9.17, 15) is 10.1 Å². The number of hydrogen-bond donors (Lipinski definition) is 1. The number of nitro benzene ring substituents is 1. The van der Waals surface area contributed by atoms with Crippen LogP contribution in [-0.2, 0) is 0 Å². The lowest BCUT2D eigenvalue weighted by Gasteiger charge is -2.47. The van der Waals surface area contributed by atoms with E-state index in [0.29, 0.717) is 6.04 Å². The van der Waals surface area contributed by atoms with Crippen molar-refractivity contribution >= 4 is 11.4 Å². The van der Waals surface area contributed by atoms with Gasteiger partial charge in [-0.05, 0) is 12.1 Å². The quantitative estimate of drug-likeness (QED) is 0.641. The first-order valence-corrected chi connectivity index (χ1v) is 6.68. The fraction of sp³-hybridized carbons (Fsp3) is 0.538. The number of piperazine rings is 1. The zero-order valence-corrected chi connectivity index (χ0v) is 10.8. The zero-order valence-electron chi connectivity index (χ0n) is 10.8. The highest BCUT2D eigenvalue weighted by molar-refractivity contribution is 5.53. The van der Waals surface area contributed by atoms with Crippen LogP contribution in [0.15, 0.2) is 24.3 Å². The lowest BCUT2D eigenvalue weighted by atomic mass is 10.0. The van der Waals surface area contributed by atoms with E-state index in [2.05, 4.69) is 15.1 Å². The molecule has 2 aliphatic heterocycles. The monoisotopic (exact) mass is 262 g/mol. The maximum absolute atomic E-state index is 10.6. The van der Waals surface area contributed by atoms with E-state index < -0.39 is 0 Å². The molecule has 2 fully saturated rings. The molecule has 0 aliphatic carbocycles. The molecule has 0 saturated carbocycles. The van der Waals surface area contributed by atoms with Gasteiger partial charge in [0.05, 0.1) is 4.92 Å². The van der Waals surface area contributed by atoms with E-state index >= 15 is 0 Å². The van der Waals surface area contributed by atoms with Gasteiger partial charge < -0.3 is 10.2 Å². The molecule has 0 atom stereocenters. The molecule has 0 unspecified atom stereocenters. The molecule has 0 aromatic heterocycles. The van der Waals surface area contributed by atoms with Gasteiger partial charge in [0.25, 0.3) is 5.69 Å². The number of hydrogen-bond acceptors (Lipinski definition) is 5. The van der Waals surface area contributed by atoms with E-state index in [0.717, 1.165) is 45.0 Å². The minimum absolute atomic E-state index is 0.155. The number of nitro groups is 1. The summed E-state index contributed by atoms with van der Waals surface area (Å²) >= 11 is 0. The van der Waals surface area contributed by atoms with Crippen LogP contribution in [0.3, 0.4) is 0 Å². The minimum atomic E-state index is -0.358. The van der Waals surface area contributed by atoms with Crippen LogP contribution in [-0.4, -0.2) is 55.1 Å². The van der Waals surface area contributed by atoms with E-state index in [1.54, 1.807) is 12.1 Å². The molecule has 3 rings (SSSR count). The van der Waals surface area contributed by atoms with Crippen molar-refractivity contribution in [2.75, 3.05) is 44.2 Å². The summed E-state index contributed by atoms with van der Waals surface area (Å²) in [5.74, 6) is 0. The Labute approximate surface area is 112 Å². The van der Waals surface area contributed by atoms with Crippen LogP contribution in [0.1, 0.15) is 0 Å². The van der Waals surface area contributed by atoms with Crippen LogP contribution >= 0.6 is 0 Å². The summed E-state index contributed by atoms with van der Waals surface area (Å²) in [6.45, 7) is 6.45. The molecule has 1 aromatic carbocycles. The normalized spacial score (nSPS) is 21.2. The summed E-state index contributed by atoms with van der Waals surface area (Å²) in [4.78, 5) is 15.0. The molecule has 0 bridgehead atoms. The van der Waals surface area contributed by atoms with Crippen molar-refractivity contribution in [3.63, 3.8) is 0 Å². The molecule has 19 heavy (non-hydrogen) atoms. The van der Waals surface area contributed by atoms with Gasteiger partial charge in [-0.2, -0.15) is 0 Å². The molecule has 2 heterocycles. The Morgan fingerprint density at radius 1 is 1.16 bits per heavy atom. The predicted molar refractivity (Wildman–Crippen MR) is 73.5 cm³/mol. The van der Waals surface area contributed by atoms with Gasteiger partial charge in [-0.1, -0.05) is 0 Å². The van der Waals surface area contributed by atoms with Crippen molar-refractivity contribution in [2.45, 2.75) is 6.04 Å². The first-order valence-electron chi connectivity index (χ1n) is 6.68. The van der Waals surface area contributed by atoms with Crippen molar-refractivity contribution in [3.8, 4) is 0 Å². The summed E-state index contributed by atoms with van der Waals surface area (Å²) in [6, 6.07) is 7.47. The van der Waals surface area contributed by atoms with E-state index in [-0.39, 0.29) is 10.6 Å². The summed E-state index contributed by atoms with van der Waals surface area (Å²) in [6.07, 6.45) is 0. The van der Waals surface area contributed by atoms with Crippen LogP contribution in [0.2, 0.25) is 0 Å². The van der Waals surface area contributed by atoms with Crippen molar-refractivity contribution in [1.29, 1.82) is 0 Å². The van der Waals surface area contributed by atoms with Gasteiger partial charge in [0, 0.05) is 63.1 Å². The molecule has 2 saturated heterocycles. The Bertz CT molecular complexity index is 450. The number of anilines is 1. The standard InChI is InChI=1S/C13H18N4O2/c18-17(19)12-3-1-11(2-4-12)16-9-13(10-16)15-7-5-14-6-8-15/h1-4,13-14H,5-10H2. The molecule has 1 N–H and O–H groups in total. The van der Waals surface area contributed by atoms with Crippen LogP contribution in [0, 0.1) is 10.1 Å². The maximum atomic E-state index is 10.6. The van der Waals surface area contributed by atoms with Crippen molar-refractivity contribution < 1.29 is 4.92 Å². The molecule has 0 radical (unpaired) electrons. The first-order chi connectivity index (χ1) is 9.24. The Hall–Kier alpha value is -1.66. The lowest BCUT2D eigenvalue weighted by molar-refractivity contribution is -0.384. The van der Waals surface area contributed by atoms with Crippen LogP contribution in [0.4, 0.5) is 11.4 Å². The van der Waals surface area contributed by atoms with Crippen molar-refractivity contribution in [3.05, 3.63) is 34.4 Å². The average molecular weight is 262 g/mol. The SMILES string of the molecule is O=[N+]([O-])c1ccc(N2CC(N3CCNCC3)C2)cc1. The zero-order chi connectivity index (χ0) is 13.2. The molecule has 2 aliphatic rings. The predicted octanol–water partition coefficient (Wildman–Crippen LogP) is 0.689. The largest absolute Gasteiger partial charge is 0.368 e. The summed E-state index contributed by atoms with van der Waals surface area (Å²) in [5.41, 5.74) is 1.24. The van der Waals surface area contributed by atoms with Gasteiger partial charge >= 0.3 is 0 Å². The van der Waals surface area contributed by atoms with E-state index in [4.69, 9.17) is 0 Å². The lowest BCUT2D eigenvalue weighted by Crippen LogP contribution is -2.62. The smallest absolute Gasteiger partial charge is 0.269 e. The van der Waals surface area contributed by atoms with Crippen LogP contribution in [0.5, 0.6) is 0 Å². The van der Waals surface area contributed by atoms with Gasteiger partial charge in [0.1, 0.15) is 0 Å². The third-order valence-electron chi connectivity index (χ3n) is 3.96. The molecule has 0 amide bonds. The number of nitrogens with one attached hydrogen (secondary N) is 1. The van der Waals surface area contributed by atoms with Crippen molar-refractivity contribution in [1.82, 2.24) is 10.2 Å². The highest BCUT2D eigenvalue weighted by atomic mass is 16.6. The van der Waals surface area contributed by atoms with Gasteiger partial charge in [-0.25, -0.2) is 0 Å². The van der Waals surface area contributed by atoms with Gasteiger partial charge in [0.15, 0.2) is 0 Å². The topological polar surface area (TPSA) is 61.7 Å². The Morgan fingerprint density at radius 3 is 2.37 bits per heavy atom. The maximum Gasteiger partial charge on any atom is 0.269 e. The van der Waals surface area contributed by atoms with E-state index in [1.165, 1.54) is 0 Å². The fourth-order valence-electron chi connectivity index (χ4n) is 2.73. The first kappa shape index (κ1) is 12.4. The van der Waals surface area contributed by atoms with E-state index in [1.807, 2.05) is 12.1 Å². The summed E-state index contributed by atoms with van der Waals surface area (Å²) in [5, 5.41) is 14.0. The number of rotatable bonds is 3. The van der Waals surface area contributed by atoms with Gasteiger partial charge in [-0.15, -0.1) is 0 Å². The highest BCUT2D eigenvalue weighted by Gasteiger charge is 2.32. The Kier molecular flexibility index (Phi) is 3.35. The third-order valence-corrected chi connectivity index (χ3v) is 3.96. The number of nitrogens with zero attached hydrogens (tertiary/aromatic N) is 3. The third kappa shape index (κ3) is 2.54. The number of benzene rings is 1. The minimum Gasteiger partial charge on any atom is -0.368 e. The molecule has 0 spiro atoms. The molecular weight excluding hydrogens is 244 g/mol. The molecule has 6 heteroatoms. The molecule has 1 aromatic rings. The second kappa shape index (κ2) is 5.14. The summed E-state index contributed by atoms with van der Waals surface area (Å²) in [7, 11) is 0. The van der Waals surface area contributed by atoms with Gasteiger partial charge in [0.2, 0.25) is 0 Å². The highest BCUT2D eigenvalue weighted by Crippen LogP contribution is 2.25. The van der Waals surface area contributed by atoms with Crippen molar-refractivity contribution in [2.24, 2.45) is 0 Å². The second-order valence-electron chi connectivity index (χ2n) is 5.12. The molecular formula is C13H18N4O2. The molecule has 6 nitrogen and oxygen atoms in total. The average Bonchev–Trinajstić information content (AvgIpc) is 2.39. The Balaban J connectivity index is 1.56. The van der Waals surface area contributed by atoms with Crippen LogP contribution in [0.25, 0.3) is 0 Å². The molecule has 102 valence electrons. The fourth-order valence-corrected chi connectivity index (χ4v) is 2.73. The van der Waals surface area contributed by atoms with Gasteiger partial charge in [-0.3, -0.25) is 15.0 Å². The number of non-ortho nitro benzene ring substituents is 1. The second-order valence-corrected chi connectivity index (χ2v) is 5.12. The Morgan fingerprint density at radius 2 is 1.79 bits per heavy atom. The van der Waals surface area contributed by atoms with Crippen LogP contribution < -0.4 is 10.2 Å². The summed E-state index contributed by atoms with van der Waals surface area (Å²) < 4.78 is 0.